The number of anilines is 1. The van der Waals surface area contributed by atoms with Gasteiger partial charge in [-0.3, -0.25) is 9.71 Å². The van der Waals surface area contributed by atoms with E-state index in [4.69, 9.17) is 4.74 Å². The SMILES string of the molecule is Cc1cnc(OC2CCNCC2)c(-c2nccc3cc(S(=O)Nc4nccs4)ccc23)c1. The third-order valence-electron chi connectivity index (χ3n) is 5.37. The lowest BCUT2D eigenvalue weighted by atomic mass is 10.0. The highest BCUT2D eigenvalue weighted by Crippen LogP contribution is 2.34. The molecule has 1 saturated heterocycles. The summed E-state index contributed by atoms with van der Waals surface area (Å²) in [5, 5.41) is 7.75. The Balaban J connectivity index is 1.50. The van der Waals surface area contributed by atoms with Gasteiger partial charge in [-0.15, -0.1) is 11.3 Å². The van der Waals surface area contributed by atoms with Gasteiger partial charge in [0.2, 0.25) is 5.88 Å². The number of thiazole rings is 1. The third kappa shape index (κ3) is 4.50. The molecule has 1 unspecified atom stereocenters. The van der Waals surface area contributed by atoms with Crippen LogP contribution in [0.5, 0.6) is 5.88 Å². The number of ether oxygens (including phenoxy) is 1. The number of piperidine rings is 1. The number of aryl methyl sites for hydroxylation is 1. The monoisotopic (exact) mass is 465 g/mol. The molecule has 2 N–H and O–H groups in total. The molecule has 32 heavy (non-hydrogen) atoms. The van der Waals surface area contributed by atoms with Crippen molar-refractivity contribution in [3.8, 4) is 17.1 Å². The second kappa shape index (κ2) is 9.32. The van der Waals surface area contributed by atoms with E-state index in [2.05, 4.69) is 31.1 Å². The van der Waals surface area contributed by atoms with Crippen LogP contribution in [0.1, 0.15) is 18.4 Å². The molecule has 1 atom stereocenters. The first-order valence-electron chi connectivity index (χ1n) is 10.5. The number of aromatic nitrogens is 3. The van der Waals surface area contributed by atoms with Crippen molar-refractivity contribution in [2.45, 2.75) is 30.8 Å². The van der Waals surface area contributed by atoms with Crippen LogP contribution in [0.25, 0.3) is 22.0 Å². The third-order valence-corrected chi connectivity index (χ3v) is 7.25. The van der Waals surface area contributed by atoms with Gasteiger partial charge in [-0.2, -0.15) is 0 Å². The summed E-state index contributed by atoms with van der Waals surface area (Å²) in [6.07, 6.45) is 7.35. The molecular formula is C23H23N5O2S2. The van der Waals surface area contributed by atoms with Gasteiger partial charge in [-0.1, -0.05) is 6.07 Å². The highest BCUT2D eigenvalue weighted by molar-refractivity contribution is 7.86. The van der Waals surface area contributed by atoms with Gasteiger partial charge in [-0.25, -0.2) is 14.2 Å². The lowest BCUT2D eigenvalue weighted by Gasteiger charge is -2.24. The van der Waals surface area contributed by atoms with E-state index in [9.17, 15) is 4.21 Å². The van der Waals surface area contributed by atoms with E-state index in [0.717, 1.165) is 53.5 Å². The molecule has 7 nitrogen and oxygen atoms in total. The summed E-state index contributed by atoms with van der Waals surface area (Å²) in [6, 6.07) is 9.75. The van der Waals surface area contributed by atoms with Gasteiger partial charge in [-0.05, 0) is 68.1 Å². The zero-order valence-electron chi connectivity index (χ0n) is 17.6. The molecule has 1 aliphatic heterocycles. The van der Waals surface area contributed by atoms with E-state index in [-0.39, 0.29) is 6.10 Å². The average molecular weight is 466 g/mol. The Morgan fingerprint density at radius 2 is 2.00 bits per heavy atom. The molecule has 5 rings (SSSR count). The molecule has 4 heterocycles. The van der Waals surface area contributed by atoms with E-state index in [1.165, 1.54) is 11.3 Å². The van der Waals surface area contributed by atoms with Crippen molar-refractivity contribution < 1.29 is 8.95 Å². The van der Waals surface area contributed by atoms with Crippen LogP contribution < -0.4 is 14.8 Å². The highest BCUT2D eigenvalue weighted by atomic mass is 32.2. The van der Waals surface area contributed by atoms with Crippen molar-refractivity contribution in [2.75, 3.05) is 17.8 Å². The minimum absolute atomic E-state index is 0.145. The molecule has 1 fully saturated rings. The van der Waals surface area contributed by atoms with E-state index in [1.54, 1.807) is 12.4 Å². The fourth-order valence-electron chi connectivity index (χ4n) is 3.79. The number of benzene rings is 1. The molecule has 164 valence electrons. The summed E-state index contributed by atoms with van der Waals surface area (Å²) in [6.45, 7) is 3.92. The predicted molar refractivity (Wildman–Crippen MR) is 128 cm³/mol. The molecule has 1 aromatic carbocycles. The number of rotatable bonds is 6. The molecule has 9 heteroatoms. The van der Waals surface area contributed by atoms with E-state index in [0.29, 0.717) is 15.9 Å². The normalized spacial score (nSPS) is 15.5. The van der Waals surface area contributed by atoms with Gasteiger partial charge in [0.1, 0.15) is 6.10 Å². The number of hydrogen-bond donors (Lipinski definition) is 2. The fourth-order valence-corrected chi connectivity index (χ4v) is 5.34. The lowest BCUT2D eigenvalue weighted by Crippen LogP contribution is -2.34. The topological polar surface area (TPSA) is 89.0 Å². The van der Waals surface area contributed by atoms with Crippen LogP contribution in [0.3, 0.4) is 0 Å². The highest BCUT2D eigenvalue weighted by Gasteiger charge is 2.20. The molecule has 0 radical (unpaired) electrons. The van der Waals surface area contributed by atoms with Gasteiger partial charge in [0, 0.05) is 29.4 Å². The van der Waals surface area contributed by atoms with Crippen LogP contribution in [0.4, 0.5) is 5.13 Å². The molecule has 0 amide bonds. The summed E-state index contributed by atoms with van der Waals surface area (Å²) < 4.78 is 22.0. The zero-order valence-corrected chi connectivity index (χ0v) is 19.2. The van der Waals surface area contributed by atoms with Crippen molar-refractivity contribution >= 4 is 38.2 Å². The van der Waals surface area contributed by atoms with Crippen LogP contribution in [-0.4, -0.2) is 38.4 Å². The first-order valence-corrected chi connectivity index (χ1v) is 12.5. The standard InChI is InChI=1S/C23H23N5O2S2/c1-15-12-20(22(27-14-15)30-17-5-7-24-8-6-17)21-19-3-2-18(13-16(19)4-9-25-21)32(29)28-23-26-10-11-31-23/h2-4,9-14,17,24H,5-8H2,1H3,(H,26,28). The van der Waals surface area contributed by atoms with Crippen molar-refractivity contribution in [1.82, 2.24) is 20.3 Å². The lowest BCUT2D eigenvalue weighted by molar-refractivity contribution is 0.156. The molecular weight excluding hydrogens is 442 g/mol. The number of pyridine rings is 2. The molecule has 0 bridgehead atoms. The number of nitrogens with one attached hydrogen (secondary N) is 2. The van der Waals surface area contributed by atoms with E-state index >= 15 is 0 Å². The minimum atomic E-state index is -1.40. The van der Waals surface area contributed by atoms with Crippen molar-refractivity contribution in [1.29, 1.82) is 0 Å². The predicted octanol–water partition coefficient (Wildman–Crippen LogP) is 4.33. The summed E-state index contributed by atoms with van der Waals surface area (Å²) in [5.74, 6) is 0.612. The molecule has 0 saturated carbocycles. The van der Waals surface area contributed by atoms with Gasteiger partial charge < -0.3 is 10.1 Å². The molecule has 3 aromatic heterocycles. The Kier molecular flexibility index (Phi) is 6.11. The summed E-state index contributed by atoms with van der Waals surface area (Å²) in [4.78, 5) is 14.1. The summed E-state index contributed by atoms with van der Waals surface area (Å²) >= 11 is 1.42. The Hall–Kier alpha value is -2.88. The van der Waals surface area contributed by atoms with Gasteiger partial charge in [0.15, 0.2) is 16.1 Å². The zero-order chi connectivity index (χ0) is 21.9. The van der Waals surface area contributed by atoms with Gasteiger partial charge in [0.25, 0.3) is 0 Å². The number of hydrogen-bond acceptors (Lipinski definition) is 7. The Labute approximate surface area is 192 Å². The molecule has 0 spiro atoms. The Morgan fingerprint density at radius 3 is 2.81 bits per heavy atom. The van der Waals surface area contributed by atoms with Crippen molar-refractivity contribution in [2.24, 2.45) is 0 Å². The van der Waals surface area contributed by atoms with E-state index < -0.39 is 11.0 Å². The quantitative estimate of drug-likeness (QED) is 0.441. The van der Waals surface area contributed by atoms with Crippen LogP contribution in [0, 0.1) is 6.92 Å². The fraction of sp³-hybridized carbons (Fsp3) is 0.261. The van der Waals surface area contributed by atoms with Crippen molar-refractivity contribution in [3.05, 3.63) is 59.9 Å². The number of nitrogens with zero attached hydrogens (tertiary/aromatic N) is 3. The van der Waals surface area contributed by atoms with Crippen LogP contribution in [0.15, 0.2) is 59.2 Å². The van der Waals surface area contributed by atoms with E-state index in [1.807, 2.05) is 42.8 Å². The second-order valence-electron chi connectivity index (χ2n) is 7.68. The molecule has 4 aromatic rings. The van der Waals surface area contributed by atoms with Crippen LogP contribution in [-0.2, 0) is 11.0 Å². The molecule has 0 aliphatic carbocycles. The maximum absolute atomic E-state index is 12.7. The summed E-state index contributed by atoms with van der Waals surface area (Å²) in [7, 11) is -1.40. The second-order valence-corrected chi connectivity index (χ2v) is 9.79. The first kappa shape index (κ1) is 21.0. The van der Waals surface area contributed by atoms with Crippen molar-refractivity contribution in [3.63, 3.8) is 0 Å². The van der Waals surface area contributed by atoms with Gasteiger partial charge >= 0.3 is 0 Å². The van der Waals surface area contributed by atoms with Crippen LogP contribution >= 0.6 is 11.3 Å². The minimum Gasteiger partial charge on any atom is -0.474 e. The van der Waals surface area contributed by atoms with Crippen LogP contribution in [0.2, 0.25) is 0 Å². The smallest absolute Gasteiger partial charge is 0.223 e. The molecule has 1 aliphatic rings. The van der Waals surface area contributed by atoms with Gasteiger partial charge in [0.05, 0.1) is 16.2 Å². The average Bonchev–Trinajstić information content (AvgIpc) is 3.33. The number of fused-ring (bicyclic) bond motifs is 1. The largest absolute Gasteiger partial charge is 0.474 e. The Morgan fingerprint density at radius 1 is 1.12 bits per heavy atom. The summed E-state index contributed by atoms with van der Waals surface area (Å²) in [5.41, 5.74) is 2.73. The maximum atomic E-state index is 12.7. The Bertz CT molecular complexity index is 1260. The maximum Gasteiger partial charge on any atom is 0.223 e. The first-order chi connectivity index (χ1) is 15.7.